The molecule has 1 aromatic heterocycles. The predicted octanol–water partition coefficient (Wildman–Crippen LogP) is 3.03. The van der Waals surface area contributed by atoms with Crippen LogP contribution in [0.3, 0.4) is 0 Å². The number of rotatable bonds is 9. The maximum absolute atomic E-state index is 12.1. The number of nitrogens with one attached hydrogen (secondary N) is 2. The Labute approximate surface area is 235 Å². The van der Waals surface area contributed by atoms with E-state index in [-0.39, 0.29) is 44.5 Å². The molecule has 1 aromatic carbocycles. The van der Waals surface area contributed by atoms with Crippen molar-refractivity contribution in [3.05, 3.63) is 86.8 Å². The van der Waals surface area contributed by atoms with Gasteiger partial charge in [0.25, 0.3) is 0 Å². The van der Waals surface area contributed by atoms with Gasteiger partial charge in [-0.25, -0.2) is 0 Å². The fourth-order valence-corrected chi connectivity index (χ4v) is 3.28. The topological polar surface area (TPSA) is 77.6 Å². The molecule has 0 aliphatic carbocycles. The molecule has 7 nitrogen and oxygen atoms in total. The van der Waals surface area contributed by atoms with Crippen LogP contribution in [0.4, 0.5) is 5.69 Å². The standard InChI is InChI=1S/C15H21N3O.C12H15N2O.Y/c1-3-17(4-2)15(19)13-5-7-14(8-6-13)18-11-9-16-10-12-18;1-2-3-9-14-12(15)7-6-11-5-4-8-13-10-11;/h5-8,16H,1-4,9-12H2;4-8,10H,1-3,9H2,(H,14,15);/q-2;-1;+3/b;7-6+;. The third-order valence-electron chi connectivity index (χ3n) is 5.26. The van der Waals surface area contributed by atoms with Crippen molar-refractivity contribution in [2.45, 2.75) is 12.8 Å². The van der Waals surface area contributed by atoms with Crippen molar-refractivity contribution >= 4 is 23.6 Å². The van der Waals surface area contributed by atoms with Gasteiger partial charge in [0.15, 0.2) is 0 Å². The number of piperazine rings is 1. The predicted molar refractivity (Wildman–Crippen MR) is 139 cm³/mol. The molecule has 0 bridgehead atoms. The number of nitrogens with zero attached hydrogens (tertiary/aromatic N) is 3. The molecule has 1 fully saturated rings. The number of hydrogen-bond donors (Lipinski definition) is 2. The van der Waals surface area contributed by atoms with E-state index in [1.165, 1.54) is 11.8 Å². The molecule has 0 atom stereocenters. The molecular weight excluding hydrogens is 515 g/mol. The summed E-state index contributed by atoms with van der Waals surface area (Å²) in [4.78, 5) is 31.3. The van der Waals surface area contributed by atoms with Gasteiger partial charge in [0.2, 0.25) is 11.8 Å². The zero-order valence-corrected chi connectivity index (χ0v) is 23.3. The van der Waals surface area contributed by atoms with Crippen LogP contribution in [-0.2, 0) is 37.5 Å². The maximum atomic E-state index is 12.1. The molecule has 184 valence electrons. The van der Waals surface area contributed by atoms with Gasteiger partial charge in [-0.05, 0) is 42.0 Å². The van der Waals surface area contributed by atoms with Crippen molar-refractivity contribution in [3.8, 4) is 0 Å². The molecule has 0 spiro atoms. The third-order valence-corrected chi connectivity index (χ3v) is 5.26. The largest absolute Gasteiger partial charge is 3.00 e. The summed E-state index contributed by atoms with van der Waals surface area (Å²) in [6.07, 6.45) is 8.41. The molecule has 0 radical (unpaired) electrons. The van der Waals surface area contributed by atoms with Crippen molar-refractivity contribution in [1.29, 1.82) is 0 Å². The van der Waals surface area contributed by atoms with Crippen molar-refractivity contribution in [1.82, 2.24) is 20.5 Å². The summed E-state index contributed by atoms with van der Waals surface area (Å²) in [7, 11) is 0. The number of anilines is 1. The second kappa shape index (κ2) is 18.2. The zero-order valence-electron chi connectivity index (χ0n) is 20.5. The van der Waals surface area contributed by atoms with Crippen LogP contribution in [0, 0.1) is 20.8 Å². The first kappa shape index (κ1) is 30.9. The summed E-state index contributed by atoms with van der Waals surface area (Å²) >= 11 is 0. The van der Waals surface area contributed by atoms with E-state index in [2.05, 4.69) is 41.3 Å². The van der Waals surface area contributed by atoms with Gasteiger partial charge in [-0.3, -0.25) is 14.6 Å². The fraction of sp³-hybridized carbons (Fsp3) is 0.333. The molecule has 0 unspecified atom stereocenters. The van der Waals surface area contributed by atoms with E-state index >= 15 is 0 Å². The van der Waals surface area contributed by atoms with Crippen LogP contribution in [0.15, 0.2) is 54.9 Å². The Hall–Kier alpha value is -2.09. The van der Waals surface area contributed by atoms with E-state index < -0.39 is 0 Å². The molecule has 1 aliphatic rings. The van der Waals surface area contributed by atoms with Gasteiger partial charge in [-0.15, -0.1) is 13.1 Å². The van der Waals surface area contributed by atoms with E-state index in [4.69, 9.17) is 0 Å². The Balaban J connectivity index is 0.000000350. The van der Waals surface area contributed by atoms with Crippen LogP contribution in [0.5, 0.6) is 0 Å². The molecular formula is C27H36N5O2Y. The smallest absolute Gasteiger partial charge is 0.399 e. The first-order valence-electron chi connectivity index (χ1n) is 11.7. The summed E-state index contributed by atoms with van der Waals surface area (Å²) in [5.74, 6) is -0.0795. The molecule has 2 N–H and O–H groups in total. The van der Waals surface area contributed by atoms with Gasteiger partial charge in [-0.1, -0.05) is 12.5 Å². The average Bonchev–Trinajstić information content (AvgIpc) is 2.90. The first-order chi connectivity index (χ1) is 16.6. The van der Waals surface area contributed by atoms with Crippen LogP contribution < -0.4 is 15.5 Å². The van der Waals surface area contributed by atoms with Crippen LogP contribution in [0.2, 0.25) is 0 Å². The normalized spacial score (nSPS) is 12.8. The summed E-state index contributed by atoms with van der Waals surface area (Å²) < 4.78 is 0. The molecule has 2 amide bonds. The van der Waals surface area contributed by atoms with E-state index in [1.54, 1.807) is 23.4 Å². The van der Waals surface area contributed by atoms with E-state index in [9.17, 15) is 9.59 Å². The molecule has 35 heavy (non-hydrogen) atoms. The van der Waals surface area contributed by atoms with Crippen LogP contribution in [-0.4, -0.2) is 67.5 Å². The van der Waals surface area contributed by atoms with Gasteiger partial charge in [0.1, 0.15) is 0 Å². The van der Waals surface area contributed by atoms with Crippen molar-refractivity contribution in [2.75, 3.05) is 50.7 Å². The maximum Gasteiger partial charge on any atom is 3.00 e. The SMILES string of the molecule is [CH2-]CCCNC(=O)/C=C/c1cccnc1.[CH2-]CN(C[CH2-])C(=O)c1ccc(N2CCNCC2)cc1.[Y+3]. The minimum Gasteiger partial charge on any atom is -0.399 e. The van der Waals surface area contributed by atoms with E-state index in [0.717, 1.165) is 44.6 Å². The van der Waals surface area contributed by atoms with E-state index in [1.807, 2.05) is 36.4 Å². The first-order valence-corrected chi connectivity index (χ1v) is 11.7. The van der Waals surface area contributed by atoms with Crippen LogP contribution >= 0.6 is 0 Å². The molecule has 1 saturated heterocycles. The monoisotopic (exact) mass is 551 g/mol. The Bertz CT molecular complexity index is 880. The van der Waals surface area contributed by atoms with Crippen molar-refractivity contribution < 1.29 is 42.3 Å². The second-order valence-corrected chi connectivity index (χ2v) is 7.69. The Morgan fingerprint density at radius 3 is 2.34 bits per heavy atom. The number of benzene rings is 1. The van der Waals surface area contributed by atoms with Gasteiger partial charge in [0, 0.05) is 62.4 Å². The second-order valence-electron chi connectivity index (χ2n) is 7.69. The number of amides is 2. The summed E-state index contributed by atoms with van der Waals surface area (Å²) in [5.41, 5.74) is 2.80. The number of aromatic nitrogens is 1. The van der Waals surface area contributed by atoms with Gasteiger partial charge >= 0.3 is 32.7 Å². The number of carbonyl (C=O) groups is 2. The molecule has 0 saturated carbocycles. The van der Waals surface area contributed by atoms with E-state index in [0.29, 0.717) is 25.2 Å². The zero-order chi connectivity index (χ0) is 24.6. The van der Waals surface area contributed by atoms with Gasteiger partial charge in [0.05, 0.1) is 0 Å². The summed E-state index contributed by atoms with van der Waals surface area (Å²) in [6, 6.07) is 11.5. The Kier molecular flexibility index (Phi) is 16.1. The summed E-state index contributed by atoms with van der Waals surface area (Å²) in [6.45, 7) is 16.8. The average molecular weight is 552 g/mol. The quantitative estimate of drug-likeness (QED) is 0.285. The number of hydrogen-bond acceptors (Lipinski definition) is 5. The molecule has 1 aliphatic heterocycles. The van der Waals surface area contributed by atoms with Crippen molar-refractivity contribution in [3.63, 3.8) is 0 Å². The number of carbonyl (C=O) groups excluding carboxylic acids is 2. The minimum atomic E-state index is -0.0766. The minimum absolute atomic E-state index is 0. The molecule has 2 heterocycles. The fourth-order valence-electron chi connectivity index (χ4n) is 3.28. The van der Waals surface area contributed by atoms with Gasteiger partial charge in [-0.2, -0.15) is 6.42 Å². The van der Waals surface area contributed by atoms with Crippen LogP contribution in [0.1, 0.15) is 28.8 Å². The molecule has 8 heteroatoms. The number of pyridine rings is 1. The van der Waals surface area contributed by atoms with Crippen LogP contribution in [0.25, 0.3) is 6.08 Å². The third kappa shape index (κ3) is 11.5. The van der Waals surface area contributed by atoms with Gasteiger partial charge < -0.3 is 41.2 Å². The van der Waals surface area contributed by atoms with Crippen molar-refractivity contribution in [2.24, 2.45) is 0 Å². The molecule has 2 aromatic rings. The molecule has 3 rings (SSSR count). The number of unbranched alkanes of at least 4 members (excludes halogenated alkanes) is 1. The Morgan fingerprint density at radius 1 is 1.09 bits per heavy atom. The Morgan fingerprint density at radius 2 is 1.77 bits per heavy atom. The summed E-state index contributed by atoms with van der Waals surface area (Å²) in [5, 5.41) is 6.10.